The lowest BCUT2D eigenvalue weighted by atomic mass is 10.2. The maximum Gasteiger partial charge on any atom is 0.288 e. The highest BCUT2D eigenvalue weighted by atomic mass is 16.6. The van der Waals surface area contributed by atoms with Gasteiger partial charge in [-0.1, -0.05) is 6.92 Å². The molecule has 0 spiro atoms. The third-order valence-corrected chi connectivity index (χ3v) is 2.46. The minimum absolute atomic E-state index is 0.156. The highest BCUT2D eigenvalue weighted by molar-refractivity contribution is 5.99. The van der Waals surface area contributed by atoms with E-state index in [9.17, 15) is 14.9 Å². The van der Waals surface area contributed by atoms with Crippen molar-refractivity contribution in [2.45, 2.75) is 13.3 Å². The molecule has 0 saturated carbocycles. The summed E-state index contributed by atoms with van der Waals surface area (Å²) in [5.41, 5.74) is -0.0623. The number of carbonyl (C=O) groups excluding carboxylic acids is 1. The Labute approximate surface area is 116 Å². The SMILES string of the molecule is CCCNc1ncc([N+](=O)[O-])cc1C(=O)NCCOC. The van der Waals surface area contributed by atoms with E-state index in [0.717, 1.165) is 12.6 Å². The van der Waals surface area contributed by atoms with Crippen LogP contribution in [0.15, 0.2) is 12.3 Å². The highest BCUT2D eigenvalue weighted by Gasteiger charge is 2.17. The second-order valence-corrected chi connectivity index (χ2v) is 4.02. The fraction of sp³-hybridized carbons (Fsp3) is 0.500. The number of nitrogens with zero attached hydrogens (tertiary/aromatic N) is 2. The van der Waals surface area contributed by atoms with Gasteiger partial charge in [0, 0.05) is 26.3 Å². The van der Waals surface area contributed by atoms with E-state index in [1.165, 1.54) is 13.2 Å². The van der Waals surface area contributed by atoms with Gasteiger partial charge in [0.2, 0.25) is 0 Å². The molecule has 1 aromatic heterocycles. The Bertz CT molecular complexity index is 479. The van der Waals surface area contributed by atoms with Crippen molar-refractivity contribution in [3.8, 4) is 0 Å². The van der Waals surface area contributed by atoms with Gasteiger partial charge in [-0.15, -0.1) is 0 Å². The zero-order chi connectivity index (χ0) is 15.0. The van der Waals surface area contributed by atoms with E-state index in [1.807, 2.05) is 6.92 Å². The summed E-state index contributed by atoms with van der Waals surface area (Å²) in [6.07, 6.45) is 1.98. The Kier molecular flexibility index (Phi) is 6.38. The molecule has 0 saturated heterocycles. The summed E-state index contributed by atoms with van der Waals surface area (Å²) in [6.45, 7) is 3.29. The van der Waals surface area contributed by atoms with Gasteiger partial charge in [-0.2, -0.15) is 0 Å². The number of carbonyl (C=O) groups is 1. The average Bonchev–Trinajstić information content (AvgIpc) is 2.44. The Hall–Kier alpha value is -2.22. The van der Waals surface area contributed by atoms with Crippen LogP contribution < -0.4 is 10.6 Å². The van der Waals surface area contributed by atoms with Gasteiger partial charge in [0.25, 0.3) is 11.6 Å². The van der Waals surface area contributed by atoms with Crippen molar-refractivity contribution in [2.24, 2.45) is 0 Å². The number of ether oxygens (including phenoxy) is 1. The van der Waals surface area contributed by atoms with Gasteiger partial charge >= 0.3 is 0 Å². The molecule has 8 nitrogen and oxygen atoms in total. The van der Waals surface area contributed by atoms with Gasteiger partial charge in [-0.05, 0) is 6.42 Å². The van der Waals surface area contributed by atoms with Crippen LogP contribution in [0.4, 0.5) is 11.5 Å². The number of anilines is 1. The van der Waals surface area contributed by atoms with Crippen molar-refractivity contribution in [3.05, 3.63) is 27.9 Å². The first-order valence-corrected chi connectivity index (χ1v) is 6.25. The van der Waals surface area contributed by atoms with Crippen molar-refractivity contribution in [2.75, 3.05) is 32.1 Å². The number of methoxy groups -OCH3 is 1. The number of hydrogen-bond acceptors (Lipinski definition) is 6. The fourth-order valence-electron chi connectivity index (χ4n) is 1.47. The molecule has 110 valence electrons. The molecule has 1 rings (SSSR count). The molecular formula is C12H18N4O4. The second-order valence-electron chi connectivity index (χ2n) is 4.02. The van der Waals surface area contributed by atoms with Crippen molar-refractivity contribution in [1.82, 2.24) is 10.3 Å². The predicted molar refractivity (Wildman–Crippen MR) is 73.9 cm³/mol. The zero-order valence-corrected chi connectivity index (χ0v) is 11.5. The van der Waals surface area contributed by atoms with E-state index < -0.39 is 10.8 Å². The summed E-state index contributed by atoms with van der Waals surface area (Å²) in [5.74, 6) is -0.0794. The van der Waals surface area contributed by atoms with Crippen LogP contribution in [0.5, 0.6) is 0 Å². The van der Waals surface area contributed by atoms with Crippen LogP contribution in [0.3, 0.4) is 0 Å². The summed E-state index contributed by atoms with van der Waals surface area (Å²) >= 11 is 0. The monoisotopic (exact) mass is 282 g/mol. The lowest BCUT2D eigenvalue weighted by Gasteiger charge is -2.10. The van der Waals surface area contributed by atoms with Gasteiger partial charge in [0.1, 0.15) is 12.0 Å². The smallest absolute Gasteiger partial charge is 0.288 e. The molecule has 20 heavy (non-hydrogen) atoms. The topological polar surface area (TPSA) is 106 Å². The molecule has 1 amide bonds. The zero-order valence-electron chi connectivity index (χ0n) is 11.5. The van der Waals surface area contributed by atoms with E-state index in [2.05, 4.69) is 15.6 Å². The van der Waals surface area contributed by atoms with Gasteiger partial charge in [0.15, 0.2) is 0 Å². The molecule has 0 unspecified atom stereocenters. The number of nitrogens with one attached hydrogen (secondary N) is 2. The van der Waals surface area contributed by atoms with Crippen LogP contribution in [0.25, 0.3) is 0 Å². The van der Waals surface area contributed by atoms with Crippen LogP contribution in [-0.2, 0) is 4.74 Å². The van der Waals surface area contributed by atoms with Crippen molar-refractivity contribution < 1.29 is 14.5 Å². The predicted octanol–water partition coefficient (Wildman–Crippen LogP) is 1.19. The maximum atomic E-state index is 12.0. The summed E-state index contributed by atoms with van der Waals surface area (Å²) in [6, 6.07) is 1.22. The lowest BCUT2D eigenvalue weighted by molar-refractivity contribution is -0.385. The molecule has 0 aliphatic carbocycles. The fourth-order valence-corrected chi connectivity index (χ4v) is 1.47. The van der Waals surface area contributed by atoms with Crippen molar-refractivity contribution in [3.63, 3.8) is 0 Å². The number of amides is 1. The molecular weight excluding hydrogens is 264 g/mol. The number of rotatable bonds is 8. The summed E-state index contributed by atoms with van der Waals surface area (Å²) < 4.78 is 4.83. The first-order chi connectivity index (χ1) is 9.60. The Morgan fingerprint density at radius 3 is 2.85 bits per heavy atom. The van der Waals surface area contributed by atoms with Gasteiger partial charge < -0.3 is 15.4 Å². The quantitative estimate of drug-likeness (QED) is 0.421. The molecule has 0 atom stereocenters. The number of aromatic nitrogens is 1. The van der Waals surface area contributed by atoms with Crippen molar-refractivity contribution in [1.29, 1.82) is 0 Å². The van der Waals surface area contributed by atoms with Crippen LogP contribution >= 0.6 is 0 Å². The summed E-state index contributed by atoms with van der Waals surface area (Å²) in [7, 11) is 1.52. The molecule has 1 aromatic rings. The van der Waals surface area contributed by atoms with Crippen LogP contribution in [0, 0.1) is 10.1 Å². The normalized spacial score (nSPS) is 10.1. The van der Waals surface area contributed by atoms with E-state index in [1.54, 1.807) is 0 Å². The molecule has 0 aromatic carbocycles. The van der Waals surface area contributed by atoms with Gasteiger partial charge in [-0.3, -0.25) is 14.9 Å². The van der Waals surface area contributed by atoms with E-state index in [4.69, 9.17) is 4.74 Å². The number of nitro groups is 1. The first kappa shape index (κ1) is 15.8. The maximum absolute atomic E-state index is 12.0. The van der Waals surface area contributed by atoms with E-state index in [0.29, 0.717) is 25.5 Å². The first-order valence-electron chi connectivity index (χ1n) is 6.25. The molecule has 0 bridgehead atoms. The third kappa shape index (κ3) is 4.47. The third-order valence-electron chi connectivity index (χ3n) is 2.46. The van der Waals surface area contributed by atoms with Crippen LogP contribution in [0.2, 0.25) is 0 Å². The van der Waals surface area contributed by atoms with Crippen molar-refractivity contribution >= 4 is 17.4 Å². The average molecular weight is 282 g/mol. The standard InChI is InChI=1S/C12H18N4O4/c1-3-4-13-11-10(12(17)14-5-6-20-2)7-9(8-15-11)16(18)19/h7-8H,3-6H2,1-2H3,(H,13,15)(H,14,17). The number of pyridine rings is 1. The summed E-state index contributed by atoms with van der Waals surface area (Å²) in [4.78, 5) is 26.1. The van der Waals surface area contributed by atoms with E-state index in [-0.39, 0.29) is 11.3 Å². The molecule has 0 fully saturated rings. The second kappa shape index (κ2) is 8.05. The Morgan fingerprint density at radius 2 is 2.25 bits per heavy atom. The van der Waals surface area contributed by atoms with Crippen LogP contribution in [0.1, 0.15) is 23.7 Å². The summed E-state index contributed by atoms with van der Waals surface area (Å²) in [5, 5.41) is 16.3. The molecule has 8 heteroatoms. The molecule has 2 N–H and O–H groups in total. The molecule has 0 aliphatic rings. The Balaban J connectivity index is 2.94. The minimum atomic E-state index is -0.581. The van der Waals surface area contributed by atoms with Gasteiger partial charge in [0.05, 0.1) is 17.1 Å². The Morgan fingerprint density at radius 1 is 1.50 bits per heavy atom. The molecule has 0 radical (unpaired) electrons. The minimum Gasteiger partial charge on any atom is -0.383 e. The molecule has 0 aliphatic heterocycles. The van der Waals surface area contributed by atoms with Crippen LogP contribution in [-0.4, -0.2) is 42.6 Å². The molecule has 1 heterocycles. The van der Waals surface area contributed by atoms with E-state index >= 15 is 0 Å². The highest BCUT2D eigenvalue weighted by Crippen LogP contribution is 2.19. The number of hydrogen-bond donors (Lipinski definition) is 2. The van der Waals surface area contributed by atoms with Gasteiger partial charge in [-0.25, -0.2) is 4.98 Å². The lowest BCUT2D eigenvalue weighted by Crippen LogP contribution is -2.28. The largest absolute Gasteiger partial charge is 0.383 e.